The predicted octanol–water partition coefficient (Wildman–Crippen LogP) is 2.79. The van der Waals surface area contributed by atoms with Crippen LogP contribution in [0.15, 0.2) is 59.5 Å². The molecular formula is C20H23NO5S. The fourth-order valence-corrected chi connectivity index (χ4v) is 4.95. The fraction of sp³-hybridized carbons (Fsp3) is 0.350. The highest BCUT2D eigenvalue weighted by Gasteiger charge is 2.44. The Kier molecular flexibility index (Phi) is 5.53. The van der Waals surface area contributed by atoms with E-state index in [4.69, 9.17) is 4.74 Å². The van der Waals surface area contributed by atoms with Crippen molar-refractivity contribution in [1.29, 1.82) is 0 Å². The zero-order chi connectivity index (χ0) is 19.5. The number of carbonyl (C=O) groups is 1. The zero-order valence-corrected chi connectivity index (χ0v) is 16.0. The maximum Gasteiger partial charge on any atom is 0.310 e. The van der Waals surface area contributed by atoms with Gasteiger partial charge in [0.15, 0.2) is 0 Å². The van der Waals surface area contributed by atoms with Crippen molar-refractivity contribution in [3.05, 3.63) is 60.2 Å². The first-order chi connectivity index (χ1) is 12.9. The maximum atomic E-state index is 12.9. The molecule has 0 spiro atoms. The third-order valence-electron chi connectivity index (χ3n) is 5.22. The van der Waals surface area contributed by atoms with Crippen LogP contribution in [-0.2, 0) is 21.2 Å². The van der Waals surface area contributed by atoms with Crippen LogP contribution < -0.4 is 4.74 Å². The van der Waals surface area contributed by atoms with Gasteiger partial charge in [-0.2, -0.15) is 4.31 Å². The molecule has 0 aromatic heterocycles. The van der Waals surface area contributed by atoms with Crippen LogP contribution in [0.2, 0.25) is 0 Å². The summed E-state index contributed by atoms with van der Waals surface area (Å²) in [4.78, 5) is 12.2. The van der Waals surface area contributed by atoms with E-state index in [1.807, 2.05) is 30.3 Å². The number of nitrogens with zero attached hydrogens (tertiary/aromatic N) is 1. The Balaban J connectivity index is 1.76. The molecule has 1 aliphatic heterocycles. The number of rotatable bonds is 6. The highest BCUT2D eigenvalue weighted by Crippen LogP contribution is 2.37. The minimum Gasteiger partial charge on any atom is -0.497 e. The van der Waals surface area contributed by atoms with E-state index in [9.17, 15) is 18.3 Å². The van der Waals surface area contributed by atoms with E-state index in [1.165, 1.54) is 23.5 Å². The van der Waals surface area contributed by atoms with Gasteiger partial charge in [-0.15, -0.1) is 0 Å². The van der Waals surface area contributed by atoms with E-state index in [-0.39, 0.29) is 30.8 Å². The van der Waals surface area contributed by atoms with Crippen LogP contribution in [0.3, 0.4) is 0 Å². The molecule has 0 bridgehead atoms. The number of hydrogen-bond donors (Lipinski definition) is 1. The average molecular weight is 389 g/mol. The summed E-state index contributed by atoms with van der Waals surface area (Å²) in [6.45, 7) is 0.376. The lowest BCUT2D eigenvalue weighted by Crippen LogP contribution is -2.47. The Labute approximate surface area is 159 Å². The molecule has 1 fully saturated rings. The first-order valence-corrected chi connectivity index (χ1v) is 10.2. The third-order valence-corrected chi connectivity index (χ3v) is 7.13. The van der Waals surface area contributed by atoms with Crippen LogP contribution in [0.1, 0.15) is 18.4 Å². The lowest BCUT2D eigenvalue weighted by molar-refractivity contribution is -0.151. The summed E-state index contributed by atoms with van der Waals surface area (Å²) >= 11 is 0. The Bertz CT molecular complexity index is 886. The SMILES string of the molecule is COc1ccc(S(=O)(=O)N2CCC(Cc3ccccc3)(C(=O)O)CC2)cc1. The number of methoxy groups -OCH3 is 1. The van der Waals surface area contributed by atoms with E-state index in [1.54, 1.807) is 12.1 Å². The summed E-state index contributed by atoms with van der Waals surface area (Å²) in [6.07, 6.45) is 0.971. The Morgan fingerprint density at radius 3 is 2.19 bits per heavy atom. The van der Waals surface area contributed by atoms with Crippen molar-refractivity contribution in [2.75, 3.05) is 20.2 Å². The minimum atomic E-state index is -3.65. The standard InChI is InChI=1S/C20H23NO5S/c1-26-17-7-9-18(10-8-17)27(24,25)21-13-11-20(12-14-21,19(22)23)15-16-5-3-2-4-6-16/h2-10H,11-15H2,1H3,(H,22,23). The van der Waals surface area contributed by atoms with E-state index in [2.05, 4.69) is 0 Å². The summed E-state index contributed by atoms with van der Waals surface area (Å²) in [5.74, 6) is -0.284. The van der Waals surface area contributed by atoms with Crippen molar-refractivity contribution in [3.63, 3.8) is 0 Å². The van der Waals surface area contributed by atoms with Crippen LogP contribution >= 0.6 is 0 Å². The molecule has 0 atom stereocenters. The summed E-state index contributed by atoms with van der Waals surface area (Å²) in [7, 11) is -2.13. The highest BCUT2D eigenvalue weighted by atomic mass is 32.2. The summed E-state index contributed by atoms with van der Waals surface area (Å²) < 4.78 is 32.2. The van der Waals surface area contributed by atoms with Gasteiger partial charge in [0.25, 0.3) is 0 Å². The molecule has 1 N–H and O–H groups in total. The second kappa shape index (κ2) is 7.70. The molecule has 2 aromatic rings. The fourth-order valence-electron chi connectivity index (χ4n) is 3.50. The molecule has 1 aliphatic rings. The van der Waals surface area contributed by atoms with Gasteiger partial charge in [0.05, 0.1) is 17.4 Å². The Morgan fingerprint density at radius 1 is 1.07 bits per heavy atom. The number of sulfonamides is 1. The van der Waals surface area contributed by atoms with Gasteiger partial charge < -0.3 is 9.84 Å². The molecule has 3 rings (SSSR count). The van der Waals surface area contributed by atoms with Gasteiger partial charge >= 0.3 is 5.97 Å². The maximum absolute atomic E-state index is 12.9. The summed E-state index contributed by atoms with van der Waals surface area (Å²) in [5, 5.41) is 9.83. The molecule has 1 saturated heterocycles. The van der Waals surface area contributed by atoms with Crippen LogP contribution in [0.25, 0.3) is 0 Å². The molecule has 0 aliphatic carbocycles. The molecule has 0 unspecified atom stereocenters. The molecule has 6 nitrogen and oxygen atoms in total. The summed E-state index contributed by atoms with van der Waals surface area (Å²) in [5.41, 5.74) is 0.0131. The molecule has 27 heavy (non-hydrogen) atoms. The molecule has 2 aromatic carbocycles. The van der Waals surface area contributed by atoms with E-state index < -0.39 is 21.4 Å². The lowest BCUT2D eigenvalue weighted by atomic mass is 9.74. The molecule has 7 heteroatoms. The number of ether oxygens (including phenoxy) is 1. The number of benzene rings is 2. The van der Waals surface area contributed by atoms with Crippen LogP contribution in [0, 0.1) is 5.41 Å². The van der Waals surface area contributed by atoms with Crippen LogP contribution in [-0.4, -0.2) is 44.0 Å². The smallest absolute Gasteiger partial charge is 0.310 e. The van der Waals surface area contributed by atoms with Crippen LogP contribution in [0.5, 0.6) is 5.75 Å². The lowest BCUT2D eigenvalue weighted by Gasteiger charge is -2.38. The minimum absolute atomic E-state index is 0.188. The number of piperidine rings is 1. The molecule has 0 amide bonds. The Hall–Kier alpha value is -2.38. The van der Waals surface area contributed by atoms with Crippen molar-refractivity contribution in [1.82, 2.24) is 4.31 Å². The van der Waals surface area contributed by atoms with Gasteiger partial charge in [0, 0.05) is 13.1 Å². The third kappa shape index (κ3) is 3.99. The van der Waals surface area contributed by atoms with Gasteiger partial charge in [-0.3, -0.25) is 4.79 Å². The number of carboxylic acid groups (broad SMARTS) is 1. The van der Waals surface area contributed by atoms with E-state index >= 15 is 0 Å². The average Bonchev–Trinajstić information content (AvgIpc) is 2.69. The van der Waals surface area contributed by atoms with E-state index in [0.717, 1.165) is 5.56 Å². The van der Waals surface area contributed by atoms with Gasteiger partial charge in [0.2, 0.25) is 10.0 Å². The highest BCUT2D eigenvalue weighted by molar-refractivity contribution is 7.89. The first kappa shape index (κ1) is 19.4. The first-order valence-electron chi connectivity index (χ1n) is 8.79. The second-order valence-corrected chi connectivity index (χ2v) is 8.77. The molecule has 1 heterocycles. The number of hydrogen-bond acceptors (Lipinski definition) is 4. The molecule has 0 radical (unpaired) electrons. The van der Waals surface area contributed by atoms with Gasteiger partial charge in [-0.1, -0.05) is 30.3 Å². The van der Waals surface area contributed by atoms with Crippen molar-refractivity contribution in [2.24, 2.45) is 5.41 Å². The largest absolute Gasteiger partial charge is 0.497 e. The number of aliphatic carboxylic acids is 1. The van der Waals surface area contributed by atoms with Crippen LogP contribution in [0.4, 0.5) is 0 Å². The molecule has 0 saturated carbocycles. The second-order valence-electron chi connectivity index (χ2n) is 6.83. The number of carboxylic acids is 1. The molecule has 144 valence electrons. The monoisotopic (exact) mass is 389 g/mol. The van der Waals surface area contributed by atoms with Crippen molar-refractivity contribution in [3.8, 4) is 5.75 Å². The van der Waals surface area contributed by atoms with Crippen molar-refractivity contribution >= 4 is 16.0 Å². The molecular weight excluding hydrogens is 366 g/mol. The topological polar surface area (TPSA) is 83.9 Å². The van der Waals surface area contributed by atoms with E-state index in [0.29, 0.717) is 12.2 Å². The zero-order valence-electron chi connectivity index (χ0n) is 15.2. The quantitative estimate of drug-likeness (QED) is 0.821. The van der Waals surface area contributed by atoms with Crippen molar-refractivity contribution in [2.45, 2.75) is 24.2 Å². The predicted molar refractivity (Wildman–Crippen MR) is 101 cm³/mol. The summed E-state index contributed by atoms with van der Waals surface area (Å²) in [6, 6.07) is 15.7. The van der Waals surface area contributed by atoms with Gasteiger partial charge in [-0.25, -0.2) is 8.42 Å². The van der Waals surface area contributed by atoms with Crippen molar-refractivity contribution < 1.29 is 23.1 Å². The Morgan fingerprint density at radius 2 is 1.67 bits per heavy atom. The van der Waals surface area contributed by atoms with Gasteiger partial charge in [0.1, 0.15) is 5.75 Å². The van der Waals surface area contributed by atoms with Gasteiger partial charge in [-0.05, 0) is 49.1 Å². The normalized spacial score (nSPS) is 17.4.